The van der Waals surface area contributed by atoms with Crippen molar-refractivity contribution in [3.05, 3.63) is 29.8 Å². The zero-order valence-corrected chi connectivity index (χ0v) is 6.78. The Bertz CT molecular complexity index is 286. The second-order valence-corrected chi connectivity index (χ2v) is 2.71. The molecule has 0 amide bonds. The molecule has 2 radical (unpaired) electrons. The molecule has 0 atom stereocenters. The van der Waals surface area contributed by atoms with E-state index in [4.69, 9.17) is 0 Å². The highest BCUT2D eigenvalue weighted by Gasteiger charge is 1.89. The van der Waals surface area contributed by atoms with E-state index in [9.17, 15) is 0 Å². The monoisotopic (exact) mass is 167 g/mol. The Morgan fingerprint density at radius 1 is 1.30 bits per heavy atom. The van der Waals surface area contributed by atoms with Crippen LogP contribution in [0.4, 0.5) is 0 Å². The summed E-state index contributed by atoms with van der Waals surface area (Å²) in [6, 6.07) is 6.10. The summed E-state index contributed by atoms with van der Waals surface area (Å²) >= 11 is 1.68. The Hall–Kier alpha value is -0.540. The molecule has 50 valence electrons. The summed E-state index contributed by atoms with van der Waals surface area (Å²) < 4.78 is 0. The zero-order valence-electron chi connectivity index (χ0n) is 5.15. The fourth-order valence-electron chi connectivity index (χ4n) is 0.800. The van der Waals surface area contributed by atoms with Crippen molar-refractivity contribution in [3.8, 4) is 0 Å². The molecule has 0 N–H and O–H groups in total. The maximum absolute atomic E-state index is 4.16. The minimum absolute atomic E-state index is 0. The topological polar surface area (TPSA) is 12.9 Å². The molecule has 2 aromatic heterocycles. The molecule has 0 aromatic carbocycles. The molecule has 0 saturated heterocycles. The molecule has 10 heavy (non-hydrogen) atoms. The third-order valence-electron chi connectivity index (χ3n) is 1.23. The smallest absolute Gasteiger partial charge is 0.123 e. The lowest BCUT2D eigenvalue weighted by Gasteiger charge is -1.81. The molecule has 2 aromatic rings. The average Bonchev–Trinajstić information content (AvgIpc) is 2.33. The van der Waals surface area contributed by atoms with Gasteiger partial charge in [-0.05, 0) is 17.5 Å². The van der Waals surface area contributed by atoms with Crippen LogP contribution in [0.3, 0.4) is 0 Å². The number of aromatic nitrogens is 1. The van der Waals surface area contributed by atoms with E-state index in [0.29, 0.717) is 0 Å². The van der Waals surface area contributed by atoms with Gasteiger partial charge in [0.25, 0.3) is 0 Å². The van der Waals surface area contributed by atoms with Crippen molar-refractivity contribution in [1.29, 1.82) is 0 Å². The van der Waals surface area contributed by atoms with Gasteiger partial charge in [-0.3, -0.25) is 0 Å². The van der Waals surface area contributed by atoms with Gasteiger partial charge in [-0.25, -0.2) is 4.98 Å². The van der Waals surface area contributed by atoms with E-state index in [-0.39, 0.29) is 13.5 Å². The maximum atomic E-state index is 4.16. The van der Waals surface area contributed by atoms with Gasteiger partial charge >= 0.3 is 0 Å². The Morgan fingerprint density at radius 2 is 2.20 bits per heavy atom. The zero-order chi connectivity index (χ0) is 6.10. The third kappa shape index (κ3) is 1.15. The van der Waals surface area contributed by atoms with Crippen LogP contribution in [0.25, 0.3) is 10.2 Å². The van der Waals surface area contributed by atoms with Gasteiger partial charge in [0.2, 0.25) is 0 Å². The fourth-order valence-corrected chi connectivity index (χ4v) is 1.54. The molecule has 1 nitrogen and oxygen atoms in total. The third-order valence-corrected chi connectivity index (χ3v) is 2.06. The minimum atomic E-state index is 0. The summed E-state index contributed by atoms with van der Waals surface area (Å²) in [4.78, 5) is 5.28. The van der Waals surface area contributed by atoms with E-state index >= 15 is 0 Å². The van der Waals surface area contributed by atoms with Crippen molar-refractivity contribution in [2.24, 2.45) is 0 Å². The number of hydrogen-bond donors (Lipinski definition) is 0. The minimum Gasteiger partial charge on any atom is -0.245 e. The first-order valence-corrected chi connectivity index (χ1v) is 3.63. The molecular formula is C7H5NS2. The van der Waals surface area contributed by atoms with Crippen LogP contribution >= 0.6 is 24.8 Å². The molecule has 0 aliphatic heterocycles. The molecule has 0 aliphatic rings. The Labute approximate surface area is 70.2 Å². The average molecular weight is 167 g/mol. The highest BCUT2D eigenvalue weighted by molar-refractivity contribution is 7.59. The first kappa shape index (κ1) is 7.57. The van der Waals surface area contributed by atoms with Gasteiger partial charge < -0.3 is 0 Å². The summed E-state index contributed by atoms with van der Waals surface area (Å²) in [5, 5.41) is 3.29. The summed E-state index contributed by atoms with van der Waals surface area (Å²) in [7, 11) is 0. The lowest BCUT2D eigenvalue weighted by atomic mass is 10.4. The molecule has 0 aliphatic carbocycles. The summed E-state index contributed by atoms with van der Waals surface area (Å²) in [6.45, 7) is 0. The number of nitrogens with zero attached hydrogens (tertiary/aromatic N) is 1. The fraction of sp³-hybridized carbons (Fsp3) is 0. The van der Waals surface area contributed by atoms with Crippen molar-refractivity contribution in [2.75, 3.05) is 0 Å². The number of pyridine rings is 1. The molecule has 0 unspecified atom stereocenters. The predicted octanol–water partition coefficient (Wildman–Crippen LogP) is 2.94. The molecular weight excluding hydrogens is 162 g/mol. The first-order valence-electron chi connectivity index (χ1n) is 2.75. The maximum Gasteiger partial charge on any atom is 0.123 e. The highest BCUT2D eigenvalue weighted by atomic mass is 32.1. The lowest BCUT2D eigenvalue weighted by Crippen LogP contribution is -1.65. The van der Waals surface area contributed by atoms with E-state index in [1.165, 1.54) is 5.39 Å². The van der Waals surface area contributed by atoms with Gasteiger partial charge in [0.1, 0.15) is 4.83 Å². The quantitative estimate of drug-likeness (QED) is 0.588. The second kappa shape index (κ2) is 3.03. The molecule has 2 heterocycles. The number of rotatable bonds is 0. The van der Waals surface area contributed by atoms with Crippen LogP contribution in [0.5, 0.6) is 0 Å². The van der Waals surface area contributed by atoms with E-state index in [0.717, 1.165) is 4.83 Å². The summed E-state index contributed by atoms with van der Waals surface area (Å²) in [5.41, 5.74) is 0. The van der Waals surface area contributed by atoms with E-state index in [1.807, 2.05) is 12.3 Å². The summed E-state index contributed by atoms with van der Waals surface area (Å²) in [5.74, 6) is 0. The molecule has 3 heteroatoms. The van der Waals surface area contributed by atoms with E-state index in [1.54, 1.807) is 11.3 Å². The molecule has 2 rings (SSSR count). The van der Waals surface area contributed by atoms with Crippen LogP contribution in [-0.4, -0.2) is 4.98 Å². The van der Waals surface area contributed by atoms with Crippen LogP contribution in [0.15, 0.2) is 29.8 Å². The number of thiophene rings is 1. The lowest BCUT2D eigenvalue weighted by molar-refractivity contribution is 1.45. The second-order valence-electron chi connectivity index (χ2n) is 1.82. The van der Waals surface area contributed by atoms with Crippen LogP contribution in [0, 0.1) is 0 Å². The summed E-state index contributed by atoms with van der Waals surface area (Å²) in [6.07, 6.45) is 1.82. The predicted molar refractivity (Wildman–Crippen MR) is 47.2 cm³/mol. The van der Waals surface area contributed by atoms with Crippen LogP contribution in [0.2, 0.25) is 0 Å². The van der Waals surface area contributed by atoms with E-state index < -0.39 is 0 Å². The van der Waals surface area contributed by atoms with Crippen molar-refractivity contribution in [2.45, 2.75) is 0 Å². The molecule has 0 bridgehead atoms. The standard InChI is InChI=1S/C7H5NS.S/c1-2-6-3-5-9-7(6)8-4-1;/h1-5H;. The van der Waals surface area contributed by atoms with Crippen molar-refractivity contribution < 1.29 is 0 Å². The van der Waals surface area contributed by atoms with Gasteiger partial charge in [-0.15, -0.1) is 11.3 Å². The van der Waals surface area contributed by atoms with Gasteiger partial charge in [0.05, 0.1) is 0 Å². The number of fused-ring (bicyclic) bond motifs is 1. The van der Waals surface area contributed by atoms with Crippen LogP contribution < -0.4 is 0 Å². The number of hydrogen-bond acceptors (Lipinski definition) is 2. The Morgan fingerprint density at radius 3 is 3.00 bits per heavy atom. The van der Waals surface area contributed by atoms with Crippen molar-refractivity contribution in [3.63, 3.8) is 0 Å². The highest BCUT2D eigenvalue weighted by Crippen LogP contribution is 2.15. The van der Waals surface area contributed by atoms with Crippen LogP contribution in [0.1, 0.15) is 0 Å². The van der Waals surface area contributed by atoms with Gasteiger partial charge in [-0.2, -0.15) is 0 Å². The molecule has 0 saturated carbocycles. The van der Waals surface area contributed by atoms with Crippen LogP contribution in [-0.2, 0) is 0 Å². The Kier molecular flexibility index (Phi) is 2.29. The Balaban J connectivity index is 0.000000500. The van der Waals surface area contributed by atoms with Gasteiger partial charge in [0, 0.05) is 25.1 Å². The molecule has 0 spiro atoms. The SMILES string of the molecule is [S].c1cnc2sccc2c1. The van der Waals surface area contributed by atoms with Crippen molar-refractivity contribution in [1.82, 2.24) is 4.98 Å². The van der Waals surface area contributed by atoms with Gasteiger partial charge in [-0.1, -0.05) is 6.07 Å². The largest absolute Gasteiger partial charge is 0.245 e. The molecule has 0 fully saturated rings. The normalized spacial score (nSPS) is 9.20. The first-order chi connectivity index (χ1) is 4.47. The van der Waals surface area contributed by atoms with Crippen molar-refractivity contribution >= 4 is 35.0 Å². The van der Waals surface area contributed by atoms with Gasteiger partial charge in [0.15, 0.2) is 0 Å². The van der Waals surface area contributed by atoms with E-state index in [2.05, 4.69) is 22.5 Å².